The van der Waals surface area contributed by atoms with Gasteiger partial charge in [-0.25, -0.2) is 4.98 Å². The molecule has 132 valence electrons. The molecule has 1 unspecified atom stereocenters. The van der Waals surface area contributed by atoms with Crippen LogP contribution in [0, 0.1) is 0 Å². The van der Waals surface area contributed by atoms with E-state index in [9.17, 15) is 0 Å². The molecule has 2 aliphatic rings. The lowest BCUT2D eigenvalue weighted by molar-refractivity contribution is 0.317. The van der Waals surface area contributed by atoms with Crippen molar-refractivity contribution in [2.75, 3.05) is 31.6 Å². The monoisotopic (exact) mass is 338 g/mol. The first-order valence-electron chi connectivity index (χ1n) is 9.19. The van der Waals surface area contributed by atoms with Gasteiger partial charge in [-0.05, 0) is 50.9 Å². The number of nitrogens with two attached hydrogens (primary N) is 1. The molecule has 6 nitrogen and oxygen atoms in total. The van der Waals surface area contributed by atoms with E-state index in [-0.39, 0.29) is 6.04 Å². The van der Waals surface area contributed by atoms with Gasteiger partial charge in [0.25, 0.3) is 0 Å². The van der Waals surface area contributed by atoms with Gasteiger partial charge in [0.2, 0.25) is 0 Å². The molecule has 2 aliphatic heterocycles. The summed E-state index contributed by atoms with van der Waals surface area (Å²) in [5.41, 5.74) is 9.25. The fraction of sp³-hybridized carbons (Fsp3) is 0.526. The molecule has 25 heavy (non-hydrogen) atoms. The second-order valence-corrected chi connectivity index (χ2v) is 7.25. The highest BCUT2D eigenvalue weighted by molar-refractivity contribution is 5.59. The van der Waals surface area contributed by atoms with Gasteiger partial charge in [-0.3, -0.25) is 14.9 Å². The van der Waals surface area contributed by atoms with Gasteiger partial charge in [-0.2, -0.15) is 0 Å². The molecule has 2 atom stereocenters. The van der Waals surface area contributed by atoms with Crippen molar-refractivity contribution in [2.24, 2.45) is 5.73 Å². The van der Waals surface area contributed by atoms with Crippen LogP contribution in [0.2, 0.25) is 0 Å². The highest BCUT2D eigenvalue weighted by Crippen LogP contribution is 2.31. The summed E-state index contributed by atoms with van der Waals surface area (Å²) in [5, 5.41) is 0. The summed E-state index contributed by atoms with van der Waals surface area (Å²) < 4.78 is 0. The maximum atomic E-state index is 6.07. The van der Waals surface area contributed by atoms with Crippen LogP contribution in [0.15, 0.2) is 30.9 Å². The van der Waals surface area contributed by atoms with Gasteiger partial charge < -0.3 is 10.6 Å². The van der Waals surface area contributed by atoms with Crippen molar-refractivity contribution in [3.8, 4) is 11.3 Å². The summed E-state index contributed by atoms with van der Waals surface area (Å²) in [6, 6.07) is 2.91. The normalized spacial score (nSPS) is 24.6. The summed E-state index contributed by atoms with van der Waals surface area (Å²) in [6.07, 6.45) is 12.2. The van der Waals surface area contributed by atoms with Gasteiger partial charge in [0.05, 0.1) is 18.1 Å². The van der Waals surface area contributed by atoms with Crippen molar-refractivity contribution >= 4 is 5.82 Å². The average Bonchev–Trinajstić information content (AvgIpc) is 3.08. The number of pyridine rings is 1. The molecule has 0 saturated carbocycles. The molecular weight excluding hydrogens is 312 g/mol. The Bertz CT molecular complexity index is 716. The van der Waals surface area contributed by atoms with Crippen LogP contribution in [-0.2, 0) is 0 Å². The SMILES string of the molecule is CN1CCC[C@H]1c1cncc(-c2cnc(N3CCCC(N)C3)cn2)c1. The minimum Gasteiger partial charge on any atom is -0.354 e. The number of hydrogen-bond donors (Lipinski definition) is 1. The third kappa shape index (κ3) is 3.50. The molecule has 2 N–H and O–H groups in total. The zero-order valence-electron chi connectivity index (χ0n) is 14.8. The molecule has 0 aromatic carbocycles. The lowest BCUT2D eigenvalue weighted by Crippen LogP contribution is -2.43. The van der Waals surface area contributed by atoms with E-state index in [1.165, 1.54) is 18.4 Å². The third-order valence-corrected chi connectivity index (χ3v) is 5.38. The summed E-state index contributed by atoms with van der Waals surface area (Å²) in [7, 11) is 2.18. The minimum atomic E-state index is 0.236. The van der Waals surface area contributed by atoms with Crippen molar-refractivity contribution in [3.63, 3.8) is 0 Å². The van der Waals surface area contributed by atoms with Gasteiger partial charge in [0.1, 0.15) is 5.82 Å². The predicted molar refractivity (Wildman–Crippen MR) is 99.3 cm³/mol. The van der Waals surface area contributed by atoms with E-state index < -0.39 is 0 Å². The molecule has 2 aromatic rings. The lowest BCUT2D eigenvalue weighted by atomic mass is 10.0. The largest absolute Gasteiger partial charge is 0.354 e. The summed E-state index contributed by atoms with van der Waals surface area (Å²) >= 11 is 0. The first-order valence-corrected chi connectivity index (χ1v) is 9.19. The van der Waals surface area contributed by atoms with E-state index in [4.69, 9.17) is 5.73 Å². The quantitative estimate of drug-likeness (QED) is 0.925. The Kier molecular flexibility index (Phi) is 4.63. The standard InChI is InChI=1S/C19H26N6/c1-24-6-3-5-18(24)15-8-14(9-21-10-15)17-11-23-19(12-22-17)25-7-2-4-16(20)13-25/h8-12,16,18H,2-7,13,20H2,1H3/t16?,18-/m0/s1. The van der Waals surface area contributed by atoms with Gasteiger partial charge in [0.15, 0.2) is 0 Å². The molecule has 2 fully saturated rings. The van der Waals surface area contributed by atoms with Crippen LogP contribution in [0.5, 0.6) is 0 Å². The molecule has 0 aliphatic carbocycles. The van der Waals surface area contributed by atoms with Crippen LogP contribution in [0.1, 0.15) is 37.3 Å². The van der Waals surface area contributed by atoms with Crippen LogP contribution in [0.4, 0.5) is 5.82 Å². The second kappa shape index (κ2) is 7.06. The number of nitrogens with zero attached hydrogens (tertiary/aromatic N) is 5. The lowest BCUT2D eigenvalue weighted by Gasteiger charge is -2.31. The molecule has 4 rings (SSSR count). The van der Waals surface area contributed by atoms with E-state index in [1.807, 2.05) is 24.8 Å². The first kappa shape index (κ1) is 16.4. The Morgan fingerprint density at radius 3 is 2.64 bits per heavy atom. The Morgan fingerprint density at radius 2 is 1.92 bits per heavy atom. The maximum absolute atomic E-state index is 6.07. The number of likely N-dealkylation sites (tertiary alicyclic amines) is 1. The molecule has 0 bridgehead atoms. The molecule has 0 amide bonds. The maximum Gasteiger partial charge on any atom is 0.147 e. The van der Waals surface area contributed by atoms with Crippen LogP contribution in [0.3, 0.4) is 0 Å². The smallest absolute Gasteiger partial charge is 0.147 e. The average molecular weight is 338 g/mol. The van der Waals surface area contributed by atoms with Gasteiger partial charge in [-0.15, -0.1) is 0 Å². The van der Waals surface area contributed by atoms with E-state index in [0.717, 1.165) is 49.6 Å². The van der Waals surface area contributed by atoms with E-state index >= 15 is 0 Å². The zero-order chi connectivity index (χ0) is 17.2. The van der Waals surface area contributed by atoms with Crippen LogP contribution in [-0.4, -0.2) is 52.6 Å². The molecule has 2 saturated heterocycles. The molecule has 2 aromatic heterocycles. The van der Waals surface area contributed by atoms with Gasteiger partial charge in [-0.1, -0.05) is 0 Å². The van der Waals surface area contributed by atoms with Crippen LogP contribution in [0.25, 0.3) is 11.3 Å². The number of piperidine rings is 1. The highest BCUT2D eigenvalue weighted by atomic mass is 15.2. The fourth-order valence-corrected chi connectivity index (χ4v) is 3.96. The fourth-order valence-electron chi connectivity index (χ4n) is 3.96. The first-order chi connectivity index (χ1) is 12.2. The van der Waals surface area contributed by atoms with Crippen molar-refractivity contribution in [1.82, 2.24) is 19.9 Å². The van der Waals surface area contributed by atoms with E-state index in [1.54, 1.807) is 0 Å². The van der Waals surface area contributed by atoms with Crippen LogP contribution < -0.4 is 10.6 Å². The molecule has 0 radical (unpaired) electrons. The number of rotatable bonds is 3. The predicted octanol–water partition coefficient (Wildman–Crippen LogP) is 2.23. The Morgan fingerprint density at radius 1 is 1.04 bits per heavy atom. The van der Waals surface area contributed by atoms with E-state index in [0.29, 0.717) is 6.04 Å². The molecule has 6 heteroatoms. The summed E-state index contributed by atoms with van der Waals surface area (Å²) in [5.74, 6) is 0.915. The highest BCUT2D eigenvalue weighted by Gasteiger charge is 2.23. The number of anilines is 1. The van der Waals surface area contributed by atoms with Gasteiger partial charge in [0, 0.05) is 43.1 Å². The third-order valence-electron chi connectivity index (χ3n) is 5.38. The summed E-state index contributed by atoms with van der Waals surface area (Å²) in [6.45, 7) is 3.02. The minimum absolute atomic E-state index is 0.236. The van der Waals surface area contributed by atoms with Crippen molar-refractivity contribution in [3.05, 3.63) is 36.4 Å². The Labute approximate surface area is 149 Å². The van der Waals surface area contributed by atoms with Crippen molar-refractivity contribution in [2.45, 2.75) is 37.8 Å². The molecule has 4 heterocycles. The van der Waals surface area contributed by atoms with Gasteiger partial charge >= 0.3 is 0 Å². The Hall–Kier alpha value is -2.05. The number of aromatic nitrogens is 3. The zero-order valence-corrected chi connectivity index (χ0v) is 14.8. The molecular formula is C19H26N6. The van der Waals surface area contributed by atoms with Crippen LogP contribution >= 0.6 is 0 Å². The molecule has 0 spiro atoms. The van der Waals surface area contributed by atoms with E-state index in [2.05, 4.69) is 37.9 Å². The van der Waals surface area contributed by atoms with Crippen molar-refractivity contribution in [1.29, 1.82) is 0 Å². The topological polar surface area (TPSA) is 71.2 Å². The van der Waals surface area contributed by atoms with Crippen molar-refractivity contribution < 1.29 is 0 Å². The Balaban J connectivity index is 1.54. The second-order valence-electron chi connectivity index (χ2n) is 7.25. The summed E-state index contributed by atoms with van der Waals surface area (Å²) in [4.78, 5) is 18.3. The number of hydrogen-bond acceptors (Lipinski definition) is 6.